The van der Waals surface area contributed by atoms with Crippen LogP contribution in [0.4, 0.5) is 0 Å². The number of carbonyl (C=O) groups is 1. The monoisotopic (exact) mass is 198 g/mol. The van der Waals surface area contributed by atoms with Crippen LogP contribution in [0.2, 0.25) is 0 Å². The Balaban J connectivity index is 2.37. The minimum atomic E-state index is -0.113. The van der Waals surface area contributed by atoms with Gasteiger partial charge in [0, 0.05) is 6.92 Å². The SMILES string of the molecule is CCCC[C@H]1CCCC[C@H]1OC(C)=O. The zero-order valence-electron chi connectivity index (χ0n) is 9.42. The molecule has 82 valence electrons. The summed E-state index contributed by atoms with van der Waals surface area (Å²) in [6.45, 7) is 3.73. The highest BCUT2D eigenvalue weighted by atomic mass is 16.5. The first-order chi connectivity index (χ1) is 6.74. The molecule has 1 rings (SSSR count). The molecule has 2 atom stereocenters. The molecule has 2 nitrogen and oxygen atoms in total. The Morgan fingerprint density at radius 3 is 2.71 bits per heavy atom. The zero-order chi connectivity index (χ0) is 10.4. The number of carbonyl (C=O) groups excluding carboxylic acids is 1. The van der Waals surface area contributed by atoms with Crippen molar-refractivity contribution >= 4 is 5.97 Å². The summed E-state index contributed by atoms with van der Waals surface area (Å²) in [4.78, 5) is 10.9. The number of hydrogen-bond acceptors (Lipinski definition) is 2. The van der Waals surface area contributed by atoms with E-state index >= 15 is 0 Å². The fraction of sp³-hybridized carbons (Fsp3) is 0.917. The highest BCUT2D eigenvalue weighted by Crippen LogP contribution is 2.30. The fourth-order valence-corrected chi connectivity index (χ4v) is 2.34. The fourth-order valence-electron chi connectivity index (χ4n) is 2.34. The third-order valence-electron chi connectivity index (χ3n) is 3.09. The third-order valence-corrected chi connectivity index (χ3v) is 3.09. The summed E-state index contributed by atoms with van der Waals surface area (Å²) in [5.41, 5.74) is 0. The zero-order valence-corrected chi connectivity index (χ0v) is 9.42. The summed E-state index contributed by atoms with van der Waals surface area (Å²) < 4.78 is 5.36. The van der Waals surface area contributed by atoms with Crippen LogP contribution in [0, 0.1) is 5.92 Å². The summed E-state index contributed by atoms with van der Waals surface area (Å²) in [5.74, 6) is 0.519. The number of rotatable bonds is 4. The third kappa shape index (κ3) is 3.69. The molecular weight excluding hydrogens is 176 g/mol. The molecule has 1 aliphatic rings. The average Bonchev–Trinajstić information content (AvgIpc) is 2.16. The molecule has 0 radical (unpaired) electrons. The molecule has 1 aliphatic carbocycles. The molecule has 0 aromatic heterocycles. The molecule has 0 bridgehead atoms. The molecular formula is C12H22O2. The lowest BCUT2D eigenvalue weighted by atomic mass is 9.83. The van der Waals surface area contributed by atoms with Crippen molar-refractivity contribution in [3.8, 4) is 0 Å². The minimum absolute atomic E-state index is 0.113. The van der Waals surface area contributed by atoms with Gasteiger partial charge in [0.15, 0.2) is 0 Å². The molecule has 1 saturated carbocycles. The highest BCUT2D eigenvalue weighted by Gasteiger charge is 2.26. The van der Waals surface area contributed by atoms with E-state index in [1.807, 2.05) is 0 Å². The number of ether oxygens (including phenoxy) is 1. The van der Waals surface area contributed by atoms with Crippen LogP contribution in [0.5, 0.6) is 0 Å². The van der Waals surface area contributed by atoms with Gasteiger partial charge in [0.2, 0.25) is 0 Å². The van der Waals surface area contributed by atoms with Crippen LogP contribution in [0.1, 0.15) is 58.8 Å². The maximum Gasteiger partial charge on any atom is 0.302 e. The smallest absolute Gasteiger partial charge is 0.302 e. The predicted molar refractivity (Wildman–Crippen MR) is 57.0 cm³/mol. The summed E-state index contributed by atoms with van der Waals surface area (Å²) in [6.07, 6.45) is 8.81. The Hall–Kier alpha value is -0.530. The lowest BCUT2D eigenvalue weighted by molar-refractivity contribution is -0.151. The van der Waals surface area contributed by atoms with E-state index < -0.39 is 0 Å². The molecule has 0 aromatic rings. The van der Waals surface area contributed by atoms with Crippen LogP contribution >= 0.6 is 0 Å². The Morgan fingerprint density at radius 2 is 2.07 bits per heavy atom. The van der Waals surface area contributed by atoms with Crippen LogP contribution in [-0.2, 0) is 9.53 Å². The molecule has 1 fully saturated rings. The van der Waals surface area contributed by atoms with Crippen LogP contribution in [-0.4, -0.2) is 12.1 Å². The Bertz CT molecular complexity index is 177. The van der Waals surface area contributed by atoms with Gasteiger partial charge in [-0.1, -0.05) is 26.2 Å². The van der Waals surface area contributed by atoms with E-state index in [0.29, 0.717) is 5.92 Å². The first-order valence-electron chi connectivity index (χ1n) is 5.91. The van der Waals surface area contributed by atoms with Crippen LogP contribution < -0.4 is 0 Å². The van der Waals surface area contributed by atoms with Crippen LogP contribution in [0.25, 0.3) is 0 Å². The van der Waals surface area contributed by atoms with Gasteiger partial charge in [0.05, 0.1) is 0 Å². The predicted octanol–water partition coefficient (Wildman–Crippen LogP) is 3.30. The summed E-state index contributed by atoms with van der Waals surface area (Å²) in [7, 11) is 0. The van der Waals surface area contributed by atoms with Crippen molar-refractivity contribution in [2.75, 3.05) is 0 Å². The summed E-state index contributed by atoms with van der Waals surface area (Å²) >= 11 is 0. The molecule has 14 heavy (non-hydrogen) atoms. The quantitative estimate of drug-likeness (QED) is 0.648. The second kappa shape index (κ2) is 6.05. The average molecular weight is 198 g/mol. The van der Waals surface area contributed by atoms with Crippen molar-refractivity contribution in [1.82, 2.24) is 0 Å². The Morgan fingerprint density at radius 1 is 1.36 bits per heavy atom. The molecule has 0 unspecified atom stereocenters. The normalized spacial score (nSPS) is 27.3. The second-order valence-electron chi connectivity index (χ2n) is 4.33. The van der Waals surface area contributed by atoms with Crippen molar-refractivity contribution in [2.45, 2.75) is 64.9 Å². The molecule has 0 heterocycles. The van der Waals surface area contributed by atoms with Gasteiger partial charge in [0.25, 0.3) is 0 Å². The van der Waals surface area contributed by atoms with Crippen LogP contribution in [0.15, 0.2) is 0 Å². The molecule has 0 aliphatic heterocycles. The number of esters is 1. The van der Waals surface area contributed by atoms with E-state index in [2.05, 4.69) is 6.92 Å². The lowest BCUT2D eigenvalue weighted by Gasteiger charge is -2.30. The van der Waals surface area contributed by atoms with Crippen molar-refractivity contribution < 1.29 is 9.53 Å². The van der Waals surface area contributed by atoms with Gasteiger partial charge in [-0.15, -0.1) is 0 Å². The molecule has 0 amide bonds. The van der Waals surface area contributed by atoms with E-state index in [-0.39, 0.29) is 12.1 Å². The first kappa shape index (κ1) is 11.5. The molecule has 0 N–H and O–H groups in total. The van der Waals surface area contributed by atoms with Crippen LogP contribution in [0.3, 0.4) is 0 Å². The number of hydrogen-bond donors (Lipinski definition) is 0. The van der Waals surface area contributed by atoms with Gasteiger partial charge >= 0.3 is 5.97 Å². The van der Waals surface area contributed by atoms with E-state index in [1.165, 1.54) is 45.4 Å². The van der Waals surface area contributed by atoms with E-state index in [1.54, 1.807) is 0 Å². The molecule has 2 heteroatoms. The van der Waals surface area contributed by atoms with Gasteiger partial charge in [0.1, 0.15) is 6.10 Å². The van der Waals surface area contributed by atoms with E-state index in [9.17, 15) is 4.79 Å². The van der Waals surface area contributed by atoms with Gasteiger partial charge < -0.3 is 4.74 Å². The first-order valence-corrected chi connectivity index (χ1v) is 5.91. The van der Waals surface area contributed by atoms with Gasteiger partial charge in [-0.2, -0.15) is 0 Å². The number of unbranched alkanes of at least 4 members (excludes halogenated alkanes) is 1. The molecule has 0 aromatic carbocycles. The summed E-state index contributed by atoms with van der Waals surface area (Å²) in [6, 6.07) is 0. The second-order valence-corrected chi connectivity index (χ2v) is 4.33. The Labute approximate surface area is 87.0 Å². The van der Waals surface area contributed by atoms with E-state index in [4.69, 9.17) is 4.74 Å². The maximum absolute atomic E-state index is 10.9. The standard InChI is InChI=1S/C12H22O2/c1-3-4-7-11-8-5-6-9-12(11)14-10(2)13/h11-12H,3-9H2,1-2H3/t11-,12+/m0/s1. The van der Waals surface area contributed by atoms with Crippen molar-refractivity contribution in [3.63, 3.8) is 0 Å². The van der Waals surface area contributed by atoms with Crippen molar-refractivity contribution in [3.05, 3.63) is 0 Å². The Kier molecular flexibility index (Phi) is 4.99. The van der Waals surface area contributed by atoms with Crippen molar-refractivity contribution in [2.24, 2.45) is 5.92 Å². The van der Waals surface area contributed by atoms with Gasteiger partial charge in [-0.05, 0) is 31.6 Å². The highest BCUT2D eigenvalue weighted by molar-refractivity contribution is 5.66. The van der Waals surface area contributed by atoms with Gasteiger partial charge in [-0.3, -0.25) is 4.79 Å². The maximum atomic E-state index is 10.9. The lowest BCUT2D eigenvalue weighted by Crippen LogP contribution is -2.29. The minimum Gasteiger partial charge on any atom is -0.462 e. The molecule has 0 spiro atoms. The summed E-state index contributed by atoms with van der Waals surface area (Å²) in [5, 5.41) is 0. The largest absolute Gasteiger partial charge is 0.462 e. The van der Waals surface area contributed by atoms with Crippen molar-refractivity contribution in [1.29, 1.82) is 0 Å². The van der Waals surface area contributed by atoms with E-state index in [0.717, 1.165) is 6.42 Å². The van der Waals surface area contributed by atoms with Gasteiger partial charge in [-0.25, -0.2) is 0 Å². The topological polar surface area (TPSA) is 26.3 Å². The molecule has 0 saturated heterocycles.